The molecule has 2 fully saturated rings. The molecular formula is C22H23F5N8. The predicted octanol–water partition coefficient (Wildman–Crippen LogP) is 4.19. The number of nitrogens with one attached hydrogen (secondary N) is 2. The summed E-state index contributed by atoms with van der Waals surface area (Å²) in [4.78, 5) is 16.5. The van der Waals surface area contributed by atoms with Crippen LogP contribution in [-0.4, -0.2) is 62.2 Å². The molecule has 5 rings (SSSR count). The van der Waals surface area contributed by atoms with Crippen LogP contribution in [0.15, 0.2) is 36.7 Å². The summed E-state index contributed by atoms with van der Waals surface area (Å²) in [6.07, 6.45) is -1.29. The van der Waals surface area contributed by atoms with Gasteiger partial charge in [0.05, 0.1) is 17.8 Å². The first kappa shape index (κ1) is 23.4. The Bertz CT molecular complexity index is 1170. The fourth-order valence-electron chi connectivity index (χ4n) is 4.41. The van der Waals surface area contributed by atoms with Crippen LogP contribution >= 0.6 is 0 Å². The Hall–Kier alpha value is -3.35. The Labute approximate surface area is 197 Å². The van der Waals surface area contributed by atoms with Gasteiger partial charge in [0.15, 0.2) is 0 Å². The number of rotatable bonds is 6. The van der Waals surface area contributed by atoms with Gasteiger partial charge in [0.2, 0.25) is 5.95 Å². The van der Waals surface area contributed by atoms with E-state index < -0.39 is 24.2 Å². The normalized spacial score (nSPS) is 20.5. The van der Waals surface area contributed by atoms with E-state index in [-0.39, 0.29) is 36.5 Å². The van der Waals surface area contributed by atoms with E-state index in [1.165, 1.54) is 4.90 Å². The molecule has 2 N–H and O–H groups in total. The monoisotopic (exact) mass is 494 g/mol. The van der Waals surface area contributed by atoms with Crippen molar-refractivity contribution in [1.29, 1.82) is 0 Å². The van der Waals surface area contributed by atoms with E-state index in [2.05, 4.69) is 35.4 Å². The van der Waals surface area contributed by atoms with Crippen LogP contribution in [0.25, 0.3) is 0 Å². The number of H-pyrrole nitrogens is 1. The van der Waals surface area contributed by atoms with Gasteiger partial charge in [-0.1, -0.05) is 0 Å². The lowest BCUT2D eigenvalue weighted by Crippen LogP contribution is -2.27. The largest absolute Gasteiger partial charge is 0.416 e. The summed E-state index contributed by atoms with van der Waals surface area (Å²) in [5.41, 5.74) is 0.770. The lowest BCUT2D eigenvalue weighted by molar-refractivity contribution is -0.137. The van der Waals surface area contributed by atoms with Crippen LogP contribution in [0.3, 0.4) is 0 Å². The second kappa shape index (κ2) is 9.02. The van der Waals surface area contributed by atoms with Crippen LogP contribution in [0.1, 0.15) is 35.7 Å². The van der Waals surface area contributed by atoms with Crippen molar-refractivity contribution in [2.24, 2.45) is 0 Å². The van der Waals surface area contributed by atoms with E-state index in [9.17, 15) is 22.0 Å². The first-order valence-electron chi connectivity index (χ1n) is 11.2. The molecule has 1 atom stereocenters. The summed E-state index contributed by atoms with van der Waals surface area (Å²) in [5.74, 6) is -2.54. The van der Waals surface area contributed by atoms with Crippen molar-refractivity contribution in [3.63, 3.8) is 0 Å². The Kier molecular flexibility index (Phi) is 6.03. The maximum Gasteiger partial charge on any atom is 0.416 e. The molecule has 2 aliphatic heterocycles. The molecule has 13 heteroatoms. The molecule has 35 heavy (non-hydrogen) atoms. The van der Waals surface area contributed by atoms with E-state index in [0.29, 0.717) is 18.8 Å². The first-order valence-corrected chi connectivity index (χ1v) is 11.2. The minimum Gasteiger partial charge on any atom is -0.334 e. The van der Waals surface area contributed by atoms with Gasteiger partial charge in [0.25, 0.3) is 5.92 Å². The van der Waals surface area contributed by atoms with Gasteiger partial charge in [-0.05, 0) is 31.2 Å². The zero-order valence-corrected chi connectivity index (χ0v) is 18.6. The lowest BCUT2D eigenvalue weighted by atomic mass is 10.0. The van der Waals surface area contributed by atoms with Crippen LogP contribution in [-0.2, 0) is 12.7 Å². The number of nitrogens with zero attached hydrogens (tertiary/aromatic N) is 6. The summed E-state index contributed by atoms with van der Waals surface area (Å²) >= 11 is 0. The summed E-state index contributed by atoms with van der Waals surface area (Å²) < 4.78 is 67.1. The molecule has 3 aromatic rings. The van der Waals surface area contributed by atoms with Crippen molar-refractivity contribution >= 4 is 17.6 Å². The second-order valence-electron chi connectivity index (χ2n) is 8.86. The zero-order chi connectivity index (χ0) is 24.6. The molecule has 0 radical (unpaired) electrons. The van der Waals surface area contributed by atoms with E-state index in [4.69, 9.17) is 0 Å². The highest BCUT2D eigenvalue weighted by Gasteiger charge is 2.40. The smallest absolute Gasteiger partial charge is 0.334 e. The Morgan fingerprint density at radius 3 is 2.66 bits per heavy atom. The molecule has 3 aromatic heterocycles. The summed E-state index contributed by atoms with van der Waals surface area (Å²) in [5, 5.41) is 9.70. The van der Waals surface area contributed by atoms with E-state index in [0.717, 1.165) is 37.0 Å². The molecule has 0 aromatic carbocycles. The number of aromatic amines is 1. The molecule has 2 saturated heterocycles. The number of alkyl halides is 5. The molecule has 5 heterocycles. The molecule has 186 valence electrons. The average molecular weight is 494 g/mol. The van der Waals surface area contributed by atoms with Gasteiger partial charge in [-0.15, -0.1) is 0 Å². The minimum absolute atomic E-state index is 0.0119. The predicted molar refractivity (Wildman–Crippen MR) is 118 cm³/mol. The zero-order valence-electron chi connectivity index (χ0n) is 18.6. The summed E-state index contributed by atoms with van der Waals surface area (Å²) in [7, 11) is 0. The number of hydrogen-bond acceptors (Lipinski definition) is 7. The van der Waals surface area contributed by atoms with Crippen molar-refractivity contribution in [2.75, 3.05) is 36.4 Å². The number of likely N-dealkylation sites (tertiary alicyclic amines) is 1. The van der Waals surface area contributed by atoms with Crippen molar-refractivity contribution in [3.05, 3.63) is 53.6 Å². The molecule has 1 unspecified atom stereocenters. The van der Waals surface area contributed by atoms with Gasteiger partial charge in [0.1, 0.15) is 11.6 Å². The molecule has 2 aliphatic rings. The molecule has 0 saturated carbocycles. The number of aromatic nitrogens is 5. The van der Waals surface area contributed by atoms with Gasteiger partial charge in [-0.3, -0.25) is 10.00 Å². The summed E-state index contributed by atoms with van der Waals surface area (Å²) in [6.45, 7) is 1.77. The van der Waals surface area contributed by atoms with Crippen LogP contribution in [0.5, 0.6) is 0 Å². The fraction of sp³-hybridized carbons (Fsp3) is 0.455. The van der Waals surface area contributed by atoms with E-state index in [1.807, 2.05) is 6.07 Å². The fourth-order valence-corrected chi connectivity index (χ4v) is 4.41. The highest BCUT2D eigenvalue weighted by Crippen LogP contribution is 2.34. The minimum atomic E-state index is -4.52. The molecule has 0 amide bonds. The first-order chi connectivity index (χ1) is 16.6. The molecular weight excluding hydrogens is 471 g/mol. The third-order valence-electron chi connectivity index (χ3n) is 6.17. The Morgan fingerprint density at radius 2 is 1.94 bits per heavy atom. The van der Waals surface area contributed by atoms with Crippen molar-refractivity contribution < 1.29 is 22.0 Å². The maximum atomic E-state index is 13.9. The van der Waals surface area contributed by atoms with E-state index >= 15 is 0 Å². The molecule has 0 aliphatic carbocycles. The molecule has 8 nitrogen and oxygen atoms in total. The number of hydrogen-bond donors (Lipinski definition) is 2. The molecule has 0 spiro atoms. The number of halogens is 5. The van der Waals surface area contributed by atoms with Crippen LogP contribution in [0, 0.1) is 0 Å². The van der Waals surface area contributed by atoms with Gasteiger partial charge >= 0.3 is 6.18 Å². The van der Waals surface area contributed by atoms with Crippen LogP contribution < -0.4 is 10.2 Å². The van der Waals surface area contributed by atoms with Gasteiger partial charge < -0.3 is 10.2 Å². The van der Waals surface area contributed by atoms with Crippen molar-refractivity contribution in [3.8, 4) is 0 Å². The number of anilines is 3. The topological polar surface area (TPSA) is 85.9 Å². The second-order valence-corrected chi connectivity index (χ2v) is 8.86. The lowest BCUT2D eigenvalue weighted by Gasteiger charge is -2.20. The highest BCUT2D eigenvalue weighted by atomic mass is 19.4. The quantitative estimate of drug-likeness (QED) is 0.497. The van der Waals surface area contributed by atoms with Crippen molar-refractivity contribution in [2.45, 2.75) is 37.4 Å². The third kappa shape index (κ3) is 5.50. The molecule has 0 bridgehead atoms. The maximum absolute atomic E-state index is 13.9. The highest BCUT2D eigenvalue weighted by molar-refractivity contribution is 5.55. The van der Waals surface area contributed by atoms with Crippen LogP contribution in [0.2, 0.25) is 0 Å². The third-order valence-corrected chi connectivity index (χ3v) is 6.17. The van der Waals surface area contributed by atoms with Gasteiger partial charge in [0, 0.05) is 56.1 Å². The number of pyridine rings is 1. The van der Waals surface area contributed by atoms with Crippen molar-refractivity contribution in [1.82, 2.24) is 30.0 Å². The van der Waals surface area contributed by atoms with Crippen LogP contribution in [0.4, 0.5) is 39.5 Å². The Morgan fingerprint density at radius 1 is 1.09 bits per heavy atom. The Balaban J connectivity index is 1.41. The SMILES string of the molecule is FC1(F)CCN(c2nc(Nc3cc(C(F)(F)F)ccn3)cc(C3CCN(Cc4ccn[nH]4)C3)n2)C1. The van der Waals surface area contributed by atoms with E-state index in [1.54, 1.807) is 12.3 Å². The standard InChI is InChI=1S/C22H23F5N8/c23-21(24)4-8-35(13-21)20-30-17(14-3-7-34(11-14)12-16-2-6-29-33-16)10-19(32-20)31-18-9-15(1-5-28-18)22(25,26)27/h1-2,5-6,9-10,14H,3-4,7-8,11-13H2,(H,29,33)(H,28,30,31,32). The van der Waals surface area contributed by atoms with Gasteiger partial charge in [-0.2, -0.15) is 23.3 Å². The average Bonchev–Trinajstić information content (AvgIpc) is 3.55. The van der Waals surface area contributed by atoms with Gasteiger partial charge in [-0.25, -0.2) is 18.7 Å². The summed E-state index contributed by atoms with van der Waals surface area (Å²) in [6, 6.07) is 5.31.